The van der Waals surface area contributed by atoms with E-state index in [0.29, 0.717) is 6.42 Å². The van der Waals surface area contributed by atoms with E-state index in [1.54, 1.807) is 34.6 Å². The van der Waals surface area contributed by atoms with Crippen LogP contribution < -0.4 is 5.48 Å². The number of hydrogen-bond donors (Lipinski definition) is 2. The van der Waals surface area contributed by atoms with Crippen molar-refractivity contribution in [1.29, 1.82) is 0 Å². The third kappa shape index (κ3) is 11.1. The summed E-state index contributed by atoms with van der Waals surface area (Å²) in [6.07, 6.45) is -0.193. The van der Waals surface area contributed by atoms with Crippen molar-refractivity contribution in [2.24, 2.45) is 0 Å². The zero-order chi connectivity index (χ0) is 12.1. The highest BCUT2D eigenvalue weighted by Gasteiger charge is 2.16. The van der Waals surface area contributed by atoms with Crippen LogP contribution in [0.3, 0.4) is 0 Å². The topological polar surface area (TPSA) is 67.8 Å². The Labute approximate surface area is 90.7 Å². The number of carbonyl (C=O) groups excluding carboxylic acids is 1. The van der Waals surface area contributed by atoms with Crippen LogP contribution in [-0.4, -0.2) is 29.0 Å². The summed E-state index contributed by atoms with van der Waals surface area (Å²) in [5.41, 5.74) is 0.805. The summed E-state index contributed by atoms with van der Waals surface area (Å²) in [5, 5.41) is 9.35. The van der Waals surface area contributed by atoms with Gasteiger partial charge in [-0.3, -0.25) is 4.84 Å². The molecule has 0 aliphatic rings. The SMILES string of the molecule is CC(C)(O)CCONC(=O)OC(C)(C)C. The molecule has 0 radical (unpaired) electrons. The van der Waals surface area contributed by atoms with Gasteiger partial charge in [-0.25, -0.2) is 4.79 Å². The average molecular weight is 219 g/mol. The van der Waals surface area contributed by atoms with E-state index in [9.17, 15) is 9.90 Å². The molecule has 5 nitrogen and oxygen atoms in total. The summed E-state index contributed by atoms with van der Waals surface area (Å²) < 4.78 is 4.93. The van der Waals surface area contributed by atoms with Gasteiger partial charge in [0, 0.05) is 6.42 Å². The van der Waals surface area contributed by atoms with Crippen molar-refractivity contribution in [2.75, 3.05) is 6.61 Å². The van der Waals surface area contributed by atoms with E-state index in [-0.39, 0.29) is 6.61 Å². The predicted octanol–water partition coefficient (Wildman–Crippen LogP) is 1.60. The predicted molar refractivity (Wildman–Crippen MR) is 56.2 cm³/mol. The van der Waals surface area contributed by atoms with Crippen molar-refractivity contribution in [3.63, 3.8) is 0 Å². The van der Waals surface area contributed by atoms with Crippen LogP contribution in [0.1, 0.15) is 41.0 Å². The number of hydrogen-bond acceptors (Lipinski definition) is 4. The smallest absolute Gasteiger partial charge is 0.431 e. The molecule has 0 rings (SSSR count). The molecular formula is C10H21NO4. The Balaban J connectivity index is 3.57. The van der Waals surface area contributed by atoms with E-state index in [2.05, 4.69) is 5.48 Å². The van der Waals surface area contributed by atoms with Gasteiger partial charge in [0.05, 0.1) is 12.2 Å². The average Bonchev–Trinajstić information content (AvgIpc) is 1.92. The van der Waals surface area contributed by atoms with E-state index in [0.717, 1.165) is 0 Å². The highest BCUT2D eigenvalue weighted by molar-refractivity contribution is 5.66. The zero-order valence-corrected chi connectivity index (χ0v) is 10.1. The van der Waals surface area contributed by atoms with E-state index in [4.69, 9.17) is 9.57 Å². The Morgan fingerprint density at radius 3 is 2.20 bits per heavy atom. The lowest BCUT2D eigenvalue weighted by Gasteiger charge is -2.20. The molecule has 0 aliphatic carbocycles. The van der Waals surface area contributed by atoms with Crippen LogP contribution in [0.5, 0.6) is 0 Å². The van der Waals surface area contributed by atoms with Crippen LogP contribution in [-0.2, 0) is 9.57 Å². The maximum absolute atomic E-state index is 11.1. The first-order chi connectivity index (χ1) is 6.60. The van der Waals surface area contributed by atoms with Crippen LogP contribution >= 0.6 is 0 Å². The van der Waals surface area contributed by atoms with E-state index >= 15 is 0 Å². The standard InChI is InChI=1S/C10H21NO4/c1-9(2,3)15-8(12)11-14-7-6-10(4,5)13/h13H,6-7H2,1-5H3,(H,11,12). The second kappa shape index (κ2) is 5.32. The van der Waals surface area contributed by atoms with Gasteiger partial charge < -0.3 is 9.84 Å². The van der Waals surface area contributed by atoms with Gasteiger partial charge in [0.1, 0.15) is 5.60 Å². The second-order valence-corrected chi connectivity index (χ2v) is 5.01. The molecule has 90 valence electrons. The van der Waals surface area contributed by atoms with E-state index in [1.807, 2.05) is 0 Å². The monoisotopic (exact) mass is 219 g/mol. The van der Waals surface area contributed by atoms with Gasteiger partial charge in [0.2, 0.25) is 0 Å². The lowest BCUT2D eigenvalue weighted by molar-refractivity contribution is -0.0280. The molecule has 0 atom stereocenters. The minimum Gasteiger partial charge on any atom is -0.442 e. The molecule has 0 fully saturated rings. The number of carbonyl (C=O) groups is 1. The van der Waals surface area contributed by atoms with Crippen LogP contribution in [0.2, 0.25) is 0 Å². The van der Waals surface area contributed by atoms with Gasteiger partial charge in [-0.2, -0.15) is 5.48 Å². The van der Waals surface area contributed by atoms with Crippen LogP contribution in [0.15, 0.2) is 0 Å². The largest absolute Gasteiger partial charge is 0.442 e. The Morgan fingerprint density at radius 1 is 1.27 bits per heavy atom. The van der Waals surface area contributed by atoms with E-state index < -0.39 is 17.3 Å². The maximum Gasteiger partial charge on any atom is 0.431 e. The summed E-state index contributed by atoms with van der Waals surface area (Å²) in [6.45, 7) is 8.88. The maximum atomic E-state index is 11.1. The first-order valence-corrected chi connectivity index (χ1v) is 4.93. The Hall–Kier alpha value is -0.810. The fourth-order valence-corrected chi connectivity index (χ4v) is 0.710. The molecule has 0 aromatic heterocycles. The van der Waals surface area contributed by atoms with E-state index in [1.165, 1.54) is 0 Å². The number of amides is 1. The van der Waals surface area contributed by atoms with Gasteiger partial charge in [0.25, 0.3) is 0 Å². The van der Waals surface area contributed by atoms with Gasteiger partial charge >= 0.3 is 6.09 Å². The third-order valence-electron chi connectivity index (χ3n) is 1.37. The molecular weight excluding hydrogens is 198 g/mol. The summed E-state index contributed by atoms with van der Waals surface area (Å²) in [6, 6.07) is 0. The molecule has 0 aromatic carbocycles. The normalized spacial score (nSPS) is 12.4. The van der Waals surface area contributed by atoms with Crippen molar-refractivity contribution in [1.82, 2.24) is 5.48 Å². The number of hydroxylamine groups is 1. The molecule has 0 saturated heterocycles. The molecule has 0 unspecified atom stereocenters. The Morgan fingerprint density at radius 2 is 1.80 bits per heavy atom. The molecule has 5 heteroatoms. The summed E-state index contributed by atoms with van der Waals surface area (Å²) in [4.78, 5) is 15.9. The summed E-state index contributed by atoms with van der Waals surface area (Å²) in [7, 11) is 0. The zero-order valence-electron chi connectivity index (χ0n) is 10.1. The fraction of sp³-hybridized carbons (Fsp3) is 0.900. The quantitative estimate of drug-likeness (QED) is 0.556. The number of rotatable bonds is 4. The van der Waals surface area contributed by atoms with Crippen LogP contribution in [0, 0.1) is 0 Å². The highest BCUT2D eigenvalue weighted by atomic mass is 16.7. The number of aliphatic hydroxyl groups is 1. The molecule has 1 amide bonds. The molecule has 0 saturated carbocycles. The van der Waals surface area contributed by atoms with Crippen LogP contribution in [0.25, 0.3) is 0 Å². The first kappa shape index (κ1) is 14.2. The number of nitrogens with one attached hydrogen (secondary N) is 1. The summed E-state index contributed by atoms with van der Waals surface area (Å²) >= 11 is 0. The summed E-state index contributed by atoms with van der Waals surface area (Å²) in [5.74, 6) is 0. The van der Waals surface area contributed by atoms with Crippen molar-refractivity contribution in [3.05, 3.63) is 0 Å². The molecule has 15 heavy (non-hydrogen) atoms. The second-order valence-electron chi connectivity index (χ2n) is 5.01. The molecule has 2 N–H and O–H groups in total. The molecule has 0 heterocycles. The number of ether oxygens (including phenoxy) is 1. The lowest BCUT2D eigenvalue weighted by atomic mass is 10.1. The van der Waals surface area contributed by atoms with Gasteiger partial charge in [-0.1, -0.05) is 0 Å². The van der Waals surface area contributed by atoms with Crippen molar-refractivity contribution in [2.45, 2.75) is 52.2 Å². The molecule has 0 bridgehead atoms. The Kier molecular flexibility index (Phi) is 5.03. The van der Waals surface area contributed by atoms with Gasteiger partial charge in [0.15, 0.2) is 0 Å². The Bertz CT molecular complexity index is 202. The minimum atomic E-state index is -0.796. The van der Waals surface area contributed by atoms with Crippen molar-refractivity contribution in [3.8, 4) is 0 Å². The first-order valence-electron chi connectivity index (χ1n) is 4.93. The molecule has 0 aromatic rings. The third-order valence-corrected chi connectivity index (χ3v) is 1.37. The fourth-order valence-electron chi connectivity index (χ4n) is 0.710. The highest BCUT2D eigenvalue weighted by Crippen LogP contribution is 2.07. The minimum absolute atomic E-state index is 0.239. The lowest BCUT2D eigenvalue weighted by Crippen LogP contribution is -2.33. The van der Waals surface area contributed by atoms with Gasteiger partial charge in [-0.05, 0) is 34.6 Å². The van der Waals surface area contributed by atoms with Crippen molar-refractivity contribution < 1.29 is 19.5 Å². The molecule has 0 aliphatic heterocycles. The van der Waals surface area contributed by atoms with Crippen molar-refractivity contribution >= 4 is 6.09 Å². The molecule has 0 spiro atoms. The van der Waals surface area contributed by atoms with Crippen LogP contribution in [0.4, 0.5) is 4.79 Å². The van der Waals surface area contributed by atoms with Gasteiger partial charge in [-0.15, -0.1) is 0 Å².